The highest BCUT2D eigenvalue weighted by Gasteiger charge is 2.71. The van der Waals surface area contributed by atoms with Gasteiger partial charge in [-0.1, -0.05) is 102 Å². The van der Waals surface area contributed by atoms with Gasteiger partial charge in [0.15, 0.2) is 0 Å². The standard InChI is InChI=1S/C38H50N4O6/c1-3-5-7-9-11-13-23-47-27-19-15-25(16-20-27)31-29-33(37(45)39-35(29)43)42-32(30-34(41(31)42)38(46)40-36(30)44)26-17-21-28(22-18-26)48-24-14-12-10-8-6-4-2/h15-22,29-34H,3-14,23-24H2,1-2H3,(H,39,43,45)(H,40,44,46)/t29-,30-,31+,32+,33+,34+/m0/s1. The third kappa shape index (κ3) is 6.87. The number of ether oxygens (including phenoxy) is 2. The number of carbonyl (C=O) groups excluding carboxylic acids is 4. The van der Waals surface area contributed by atoms with Crippen molar-refractivity contribution in [2.45, 2.75) is 115 Å². The minimum atomic E-state index is -0.842. The van der Waals surface area contributed by atoms with Crippen molar-refractivity contribution in [2.75, 3.05) is 13.2 Å². The van der Waals surface area contributed by atoms with Gasteiger partial charge in [0, 0.05) is 0 Å². The molecule has 0 saturated carbocycles. The number of rotatable bonds is 18. The fourth-order valence-electron chi connectivity index (χ4n) is 8.01. The van der Waals surface area contributed by atoms with E-state index in [-0.39, 0.29) is 11.8 Å². The van der Waals surface area contributed by atoms with E-state index in [4.69, 9.17) is 9.47 Å². The van der Waals surface area contributed by atoms with Crippen LogP contribution in [0.5, 0.6) is 11.5 Å². The van der Waals surface area contributed by atoms with E-state index in [1.54, 1.807) is 0 Å². The third-order valence-electron chi connectivity index (χ3n) is 10.4. The molecule has 2 aromatic rings. The van der Waals surface area contributed by atoms with Crippen LogP contribution < -0.4 is 20.1 Å². The van der Waals surface area contributed by atoms with E-state index in [0.29, 0.717) is 13.2 Å². The van der Waals surface area contributed by atoms with E-state index in [2.05, 4.69) is 24.5 Å². The van der Waals surface area contributed by atoms with Gasteiger partial charge in [-0.3, -0.25) is 29.8 Å². The van der Waals surface area contributed by atoms with Gasteiger partial charge >= 0.3 is 0 Å². The molecule has 4 amide bonds. The van der Waals surface area contributed by atoms with Crippen molar-refractivity contribution in [3.63, 3.8) is 0 Å². The molecule has 48 heavy (non-hydrogen) atoms. The molecule has 0 radical (unpaired) electrons. The summed E-state index contributed by atoms with van der Waals surface area (Å²) in [6.07, 6.45) is 14.2. The van der Waals surface area contributed by atoms with E-state index in [9.17, 15) is 19.2 Å². The first-order valence-electron chi connectivity index (χ1n) is 18.2. The van der Waals surface area contributed by atoms with Crippen molar-refractivity contribution >= 4 is 23.6 Å². The topological polar surface area (TPSA) is 117 Å². The molecule has 0 spiro atoms. The highest BCUT2D eigenvalue weighted by atomic mass is 16.5. The van der Waals surface area contributed by atoms with Crippen LogP contribution in [0, 0.1) is 11.8 Å². The van der Waals surface area contributed by atoms with Gasteiger partial charge in [0.05, 0.1) is 37.1 Å². The Balaban J connectivity index is 1.20. The van der Waals surface area contributed by atoms with Crippen molar-refractivity contribution in [2.24, 2.45) is 11.8 Å². The zero-order chi connectivity index (χ0) is 33.6. The zero-order valence-electron chi connectivity index (χ0n) is 28.3. The number of imide groups is 2. The molecular weight excluding hydrogens is 608 g/mol. The SMILES string of the molecule is CCCCCCCCOc1ccc([C@@H]2[C@@H]3C(=O)NC(=O)[C@@H]3N3[C@H](c4ccc(OCCCCCCCC)cc4)[C@@H]4C(=O)NC(=O)[C@@H]4N23)cc1. The number of fused-ring (bicyclic) bond motifs is 5. The molecule has 0 unspecified atom stereocenters. The van der Waals surface area contributed by atoms with Crippen molar-refractivity contribution in [1.29, 1.82) is 0 Å². The van der Waals surface area contributed by atoms with E-state index in [1.807, 2.05) is 58.5 Å². The lowest BCUT2D eigenvalue weighted by Gasteiger charge is -2.33. The summed E-state index contributed by atoms with van der Waals surface area (Å²) in [5.74, 6) is -1.57. The molecule has 10 nitrogen and oxygen atoms in total. The summed E-state index contributed by atoms with van der Waals surface area (Å²) in [6, 6.07) is 12.3. The maximum absolute atomic E-state index is 13.4. The first-order valence-corrected chi connectivity index (χ1v) is 18.2. The van der Waals surface area contributed by atoms with Crippen LogP contribution in [0.25, 0.3) is 0 Å². The Bertz CT molecular complexity index is 1340. The Hall–Kier alpha value is -3.76. The quantitative estimate of drug-likeness (QED) is 0.153. The molecule has 258 valence electrons. The molecule has 4 aliphatic rings. The lowest BCUT2D eigenvalue weighted by atomic mass is 9.84. The molecule has 4 aliphatic heterocycles. The number of nitrogens with one attached hydrogen (secondary N) is 2. The van der Waals surface area contributed by atoms with Gasteiger partial charge in [0.2, 0.25) is 23.6 Å². The Morgan fingerprint density at radius 3 is 1.21 bits per heavy atom. The summed E-state index contributed by atoms with van der Waals surface area (Å²) in [4.78, 5) is 53.5. The molecule has 0 aliphatic carbocycles. The van der Waals surface area contributed by atoms with Crippen LogP contribution in [0.15, 0.2) is 48.5 Å². The van der Waals surface area contributed by atoms with Crippen molar-refractivity contribution in [3.8, 4) is 11.5 Å². The molecule has 4 fully saturated rings. The second-order valence-electron chi connectivity index (χ2n) is 13.7. The summed E-state index contributed by atoms with van der Waals surface area (Å²) < 4.78 is 12.0. The molecule has 6 atom stereocenters. The van der Waals surface area contributed by atoms with Gasteiger partial charge in [-0.05, 0) is 48.2 Å². The van der Waals surface area contributed by atoms with Crippen LogP contribution in [0.4, 0.5) is 0 Å². The number of carbonyl (C=O) groups is 4. The maximum atomic E-state index is 13.4. The summed E-state index contributed by atoms with van der Waals surface area (Å²) in [5.41, 5.74) is 1.57. The molecule has 10 heteroatoms. The molecule has 4 heterocycles. The number of hydrazine groups is 1. The van der Waals surface area contributed by atoms with Gasteiger partial charge in [-0.2, -0.15) is 0 Å². The number of nitrogens with zero attached hydrogens (tertiary/aromatic N) is 2. The molecule has 0 aromatic heterocycles. The predicted molar refractivity (Wildman–Crippen MR) is 181 cm³/mol. The Kier molecular flexibility index (Phi) is 11.1. The second-order valence-corrected chi connectivity index (χ2v) is 13.7. The molecular formula is C38H50N4O6. The summed E-state index contributed by atoms with van der Waals surface area (Å²) in [6.45, 7) is 5.68. The van der Waals surface area contributed by atoms with E-state index in [0.717, 1.165) is 48.3 Å². The summed E-state index contributed by atoms with van der Waals surface area (Å²) in [5, 5.41) is 8.75. The number of unbranched alkanes of at least 4 members (excludes halogenated alkanes) is 10. The van der Waals surface area contributed by atoms with Gasteiger partial charge < -0.3 is 9.47 Å². The summed E-state index contributed by atoms with van der Waals surface area (Å²) >= 11 is 0. The van der Waals surface area contributed by atoms with Crippen molar-refractivity contribution < 1.29 is 28.7 Å². The third-order valence-corrected chi connectivity index (χ3v) is 10.4. The summed E-state index contributed by atoms with van der Waals surface area (Å²) in [7, 11) is 0. The van der Waals surface area contributed by atoms with Crippen molar-refractivity contribution in [1.82, 2.24) is 20.7 Å². The lowest BCUT2D eigenvalue weighted by Crippen LogP contribution is -2.48. The highest BCUT2D eigenvalue weighted by Crippen LogP contribution is 2.57. The molecule has 6 rings (SSSR count). The first kappa shape index (κ1) is 34.1. The van der Waals surface area contributed by atoms with Gasteiger partial charge in [-0.25, -0.2) is 10.0 Å². The van der Waals surface area contributed by atoms with E-state index < -0.39 is 47.8 Å². The van der Waals surface area contributed by atoms with Crippen LogP contribution in [0.2, 0.25) is 0 Å². The second kappa shape index (κ2) is 15.6. The monoisotopic (exact) mass is 658 g/mol. The molecule has 2 N–H and O–H groups in total. The number of amides is 4. The normalized spacial score (nSPS) is 26.4. The van der Waals surface area contributed by atoms with E-state index in [1.165, 1.54) is 51.4 Å². The zero-order valence-corrected chi connectivity index (χ0v) is 28.3. The maximum Gasteiger partial charge on any atom is 0.246 e. The Labute approximate surface area is 283 Å². The first-order chi connectivity index (χ1) is 23.4. The average molecular weight is 659 g/mol. The van der Waals surface area contributed by atoms with Gasteiger partial charge in [0.1, 0.15) is 23.6 Å². The fourth-order valence-corrected chi connectivity index (χ4v) is 8.01. The fraction of sp³-hybridized carbons (Fsp3) is 0.579. The smallest absolute Gasteiger partial charge is 0.246 e. The number of hydrogen-bond acceptors (Lipinski definition) is 8. The number of benzene rings is 2. The highest BCUT2D eigenvalue weighted by molar-refractivity contribution is 6.10. The number of hydrogen-bond donors (Lipinski definition) is 2. The average Bonchev–Trinajstić information content (AvgIpc) is 3.78. The molecule has 4 saturated heterocycles. The van der Waals surface area contributed by atoms with Crippen LogP contribution >= 0.6 is 0 Å². The van der Waals surface area contributed by atoms with Crippen LogP contribution in [-0.4, -0.2) is 58.9 Å². The molecule has 0 bridgehead atoms. The van der Waals surface area contributed by atoms with Gasteiger partial charge in [0.25, 0.3) is 0 Å². The van der Waals surface area contributed by atoms with Crippen molar-refractivity contribution in [3.05, 3.63) is 59.7 Å². The largest absolute Gasteiger partial charge is 0.494 e. The van der Waals surface area contributed by atoms with Crippen LogP contribution in [0.1, 0.15) is 114 Å². The Morgan fingerprint density at radius 2 is 0.833 bits per heavy atom. The van der Waals surface area contributed by atoms with Gasteiger partial charge in [-0.15, -0.1) is 0 Å². The lowest BCUT2D eigenvalue weighted by molar-refractivity contribution is -0.139. The molecule has 2 aromatic carbocycles. The van der Waals surface area contributed by atoms with E-state index >= 15 is 0 Å². The van der Waals surface area contributed by atoms with Crippen LogP contribution in [0.3, 0.4) is 0 Å². The Morgan fingerprint density at radius 1 is 0.479 bits per heavy atom. The minimum Gasteiger partial charge on any atom is -0.494 e. The van der Waals surface area contributed by atoms with Crippen LogP contribution in [-0.2, 0) is 19.2 Å². The minimum absolute atomic E-state index is 0.369. The predicted octanol–water partition coefficient (Wildman–Crippen LogP) is 5.78.